The second kappa shape index (κ2) is 12.9. The lowest BCUT2D eigenvalue weighted by molar-refractivity contribution is -0.122. The number of hydrogen-bond donors (Lipinski definition) is 1. The van der Waals surface area contributed by atoms with Gasteiger partial charge in [0.15, 0.2) is 11.5 Å². The zero-order valence-corrected chi connectivity index (χ0v) is 21.0. The summed E-state index contributed by atoms with van der Waals surface area (Å²) in [5, 5.41) is 4.14. The molecule has 188 valence electrons. The first-order chi connectivity index (χ1) is 17.6. The lowest BCUT2D eigenvalue weighted by Gasteiger charge is -2.34. The van der Waals surface area contributed by atoms with Gasteiger partial charge in [-0.25, -0.2) is 5.43 Å². The lowest BCUT2D eigenvalue weighted by atomic mass is 10.1. The van der Waals surface area contributed by atoms with Gasteiger partial charge in [-0.3, -0.25) is 14.6 Å². The van der Waals surface area contributed by atoms with Crippen molar-refractivity contribution in [2.75, 3.05) is 39.8 Å². The van der Waals surface area contributed by atoms with Crippen molar-refractivity contribution in [2.24, 2.45) is 5.10 Å². The predicted octanol–water partition coefficient (Wildman–Crippen LogP) is 3.85. The maximum absolute atomic E-state index is 12.4. The van der Waals surface area contributed by atoms with Gasteiger partial charge in [0.2, 0.25) is 0 Å². The molecule has 1 fully saturated rings. The van der Waals surface area contributed by atoms with E-state index in [2.05, 4.69) is 51.5 Å². The number of nitrogens with zero attached hydrogens (tertiary/aromatic N) is 3. The van der Waals surface area contributed by atoms with Gasteiger partial charge in [-0.05, 0) is 41.8 Å². The number of benzene rings is 3. The van der Waals surface area contributed by atoms with E-state index in [0.717, 1.165) is 43.9 Å². The first kappa shape index (κ1) is 25.4. The van der Waals surface area contributed by atoms with E-state index in [1.165, 1.54) is 11.1 Å². The fourth-order valence-electron chi connectivity index (χ4n) is 4.10. The highest BCUT2D eigenvalue weighted by atomic mass is 16.5. The fourth-order valence-corrected chi connectivity index (χ4v) is 4.10. The number of carbonyl (C=O) groups is 1. The lowest BCUT2D eigenvalue weighted by Crippen LogP contribution is -2.48. The number of carbonyl (C=O) groups excluding carboxylic acids is 1. The molecule has 1 heterocycles. The Morgan fingerprint density at radius 1 is 0.917 bits per heavy atom. The van der Waals surface area contributed by atoms with Gasteiger partial charge in [-0.15, -0.1) is 0 Å². The van der Waals surface area contributed by atoms with Crippen LogP contribution in [0.4, 0.5) is 0 Å². The quantitative estimate of drug-likeness (QED) is 0.348. The van der Waals surface area contributed by atoms with Crippen molar-refractivity contribution in [1.82, 2.24) is 15.2 Å². The molecule has 4 rings (SSSR count). The molecule has 3 aromatic carbocycles. The zero-order valence-electron chi connectivity index (χ0n) is 21.0. The Kier molecular flexibility index (Phi) is 9.08. The highest BCUT2D eigenvalue weighted by Gasteiger charge is 2.19. The van der Waals surface area contributed by atoms with Gasteiger partial charge in [-0.2, -0.15) is 5.10 Å². The molecule has 36 heavy (non-hydrogen) atoms. The van der Waals surface area contributed by atoms with Crippen molar-refractivity contribution < 1.29 is 14.3 Å². The molecule has 0 unspecified atom stereocenters. The summed E-state index contributed by atoms with van der Waals surface area (Å²) < 4.78 is 11.4. The minimum Gasteiger partial charge on any atom is -0.493 e. The molecule has 0 atom stereocenters. The summed E-state index contributed by atoms with van der Waals surface area (Å²) in [5.41, 5.74) is 7.13. The Labute approximate surface area is 213 Å². The summed E-state index contributed by atoms with van der Waals surface area (Å²) in [6.07, 6.45) is 1.62. The SMILES string of the molecule is COc1ccc(/C=N\NC(=O)CN2CCN(Cc3ccc(C)cc3)CC2)cc1OCc1ccccc1. The Bertz CT molecular complexity index is 1140. The maximum atomic E-state index is 12.4. The standard InChI is InChI=1S/C29H34N4O3/c1-23-8-10-24(11-9-23)20-32-14-16-33(17-15-32)21-29(34)31-30-19-26-12-13-27(35-2)28(18-26)36-22-25-6-4-3-5-7-25/h3-13,18-19H,14-17,20-22H2,1-2H3,(H,31,34)/b30-19-. The van der Waals surface area contributed by atoms with Crippen molar-refractivity contribution >= 4 is 12.1 Å². The van der Waals surface area contributed by atoms with E-state index in [0.29, 0.717) is 24.7 Å². The number of rotatable bonds is 10. The normalized spacial score (nSPS) is 14.6. The van der Waals surface area contributed by atoms with Crippen LogP contribution in [-0.2, 0) is 17.9 Å². The number of hydrogen-bond acceptors (Lipinski definition) is 6. The molecule has 7 heteroatoms. The molecular formula is C29H34N4O3. The molecule has 1 amide bonds. The van der Waals surface area contributed by atoms with Crippen molar-refractivity contribution in [1.29, 1.82) is 0 Å². The Hall–Kier alpha value is -3.68. The van der Waals surface area contributed by atoms with Gasteiger partial charge in [0.1, 0.15) is 6.61 Å². The van der Waals surface area contributed by atoms with E-state index < -0.39 is 0 Å². The average molecular weight is 487 g/mol. The molecule has 1 aliphatic heterocycles. The number of ether oxygens (including phenoxy) is 2. The molecule has 0 radical (unpaired) electrons. The van der Waals surface area contributed by atoms with Crippen molar-refractivity contribution in [3.8, 4) is 11.5 Å². The summed E-state index contributed by atoms with van der Waals surface area (Å²) in [6, 6.07) is 24.2. The van der Waals surface area contributed by atoms with E-state index >= 15 is 0 Å². The number of methoxy groups -OCH3 is 1. The van der Waals surface area contributed by atoms with Crippen molar-refractivity contribution in [3.05, 3.63) is 95.1 Å². The number of hydrazone groups is 1. The molecule has 0 aromatic heterocycles. The highest BCUT2D eigenvalue weighted by Crippen LogP contribution is 2.28. The topological polar surface area (TPSA) is 66.4 Å². The highest BCUT2D eigenvalue weighted by molar-refractivity contribution is 5.83. The summed E-state index contributed by atoms with van der Waals surface area (Å²) in [4.78, 5) is 17.0. The van der Waals surface area contributed by atoms with Crippen LogP contribution >= 0.6 is 0 Å². The van der Waals surface area contributed by atoms with Crippen LogP contribution in [0.3, 0.4) is 0 Å². The monoisotopic (exact) mass is 486 g/mol. The van der Waals surface area contributed by atoms with E-state index in [1.54, 1.807) is 13.3 Å². The predicted molar refractivity (Wildman–Crippen MR) is 142 cm³/mol. The van der Waals surface area contributed by atoms with Gasteiger partial charge in [0.25, 0.3) is 5.91 Å². The molecule has 1 aliphatic rings. The molecule has 1 saturated heterocycles. The van der Waals surface area contributed by atoms with Gasteiger partial charge in [0.05, 0.1) is 19.9 Å². The molecule has 7 nitrogen and oxygen atoms in total. The van der Waals surface area contributed by atoms with Crippen LogP contribution in [0.2, 0.25) is 0 Å². The van der Waals surface area contributed by atoms with Crippen molar-refractivity contribution in [3.63, 3.8) is 0 Å². The van der Waals surface area contributed by atoms with Crippen molar-refractivity contribution in [2.45, 2.75) is 20.1 Å². The molecule has 0 bridgehead atoms. The molecule has 3 aromatic rings. The molecule has 0 spiro atoms. The Morgan fingerprint density at radius 2 is 1.64 bits per heavy atom. The number of aryl methyl sites for hydroxylation is 1. The maximum Gasteiger partial charge on any atom is 0.254 e. The molecule has 0 saturated carbocycles. The van der Waals surface area contributed by atoms with Crippen LogP contribution in [0.1, 0.15) is 22.3 Å². The zero-order chi connectivity index (χ0) is 25.2. The largest absolute Gasteiger partial charge is 0.493 e. The summed E-state index contributed by atoms with van der Waals surface area (Å²) in [5.74, 6) is 1.15. The Morgan fingerprint density at radius 3 is 2.36 bits per heavy atom. The Balaban J connectivity index is 1.22. The third kappa shape index (κ3) is 7.66. The third-order valence-corrected chi connectivity index (χ3v) is 6.19. The summed E-state index contributed by atoms with van der Waals surface area (Å²) >= 11 is 0. The van der Waals surface area contributed by atoms with Crippen LogP contribution in [0.25, 0.3) is 0 Å². The van der Waals surface area contributed by atoms with Gasteiger partial charge >= 0.3 is 0 Å². The van der Waals surface area contributed by atoms with Gasteiger partial charge in [-0.1, -0.05) is 60.2 Å². The first-order valence-electron chi connectivity index (χ1n) is 12.3. The van der Waals surface area contributed by atoms with Crippen LogP contribution in [0.15, 0.2) is 77.9 Å². The van der Waals surface area contributed by atoms with Gasteiger partial charge in [0, 0.05) is 32.7 Å². The third-order valence-electron chi connectivity index (χ3n) is 6.19. The fraction of sp³-hybridized carbons (Fsp3) is 0.310. The van der Waals surface area contributed by atoms with Crippen LogP contribution in [-0.4, -0.2) is 61.8 Å². The van der Waals surface area contributed by atoms with E-state index in [-0.39, 0.29) is 5.91 Å². The molecular weight excluding hydrogens is 452 g/mol. The first-order valence-corrected chi connectivity index (χ1v) is 12.3. The average Bonchev–Trinajstić information content (AvgIpc) is 2.90. The summed E-state index contributed by atoms with van der Waals surface area (Å²) in [6.45, 7) is 7.45. The molecule has 0 aliphatic carbocycles. The minimum absolute atomic E-state index is 0.118. The molecule has 1 N–H and O–H groups in total. The second-order valence-corrected chi connectivity index (χ2v) is 9.02. The second-order valence-electron chi connectivity index (χ2n) is 9.02. The van der Waals surface area contributed by atoms with Crippen LogP contribution in [0.5, 0.6) is 11.5 Å². The van der Waals surface area contributed by atoms with Gasteiger partial charge < -0.3 is 9.47 Å². The minimum atomic E-state index is -0.118. The summed E-state index contributed by atoms with van der Waals surface area (Å²) in [7, 11) is 1.61. The van der Waals surface area contributed by atoms with Crippen LogP contribution in [0, 0.1) is 6.92 Å². The van der Waals surface area contributed by atoms with E-state index in [4.69, 9.17) is 9.47 Å². The van der Waals surface area contributed by atoms with E-state index in [1.807, 2.05) is 48.5 Å². The van der Waals surface area contributed by atoms with E-state index in [9.17, 15) is 4.79 Å². The van der Waals surface area contributed by atoms with Crippen LogP contribution < -0.4 is 14.9 Å². The number of piperazine rings is 1. The number of nitrogens with one attached hydrogen (secondary N) is 1. The number of amides is 1. The smallest absolute Gasteiger partial charge is 0.254 e.